The predicted molar refractivity (Wildman–Crippen MR) is 124 cm³/mol. The molecule has 0 aromatic heterocycles. The molecule has 28 heavy (non-hydrogen) atoms. The first-order chi connectivity index (χ1) is 12.9. The average Bonchev–Trinajstić information content (AvgIpc) is 2.64. The maximum Gasteiger partial charge on any atom is 0.191 e. The van der Waals surface area contributed by atoms with Crippen molar-refractivity contribution < 1.29 is 13.2 Å². The van der Waals surface area contributed by atoms with Gasteiger partial charge in [0.05, 0.1) is 18.0 Å². The summed E-state index contributed by atoms with van der Waals surface area (Å²) in [5.41, 5.74) is 2.14. The highest BCUT2D eigenvalue weighted by Gasteiger charge is 2.06. The fourth-order valence-corrected chi connectivity index (χ4v) is 2.96. The van der Waals surface area contributed by atoms with Crippen LogP contribution in [0.5, 0.6) is 5.75 Å². The maximum atomic E-state index is 11.5. The highest BCUT2D eigenvalue weighted by molar-refractivity contribution is 14.0. The number of hydrogen-bond donors (Lipinski definition) is 2. The summed E-state index contributed by atoms with van der Waals surface area (Å²) in [5, 5.41) is 6.41. The number of nitrogens with zero attached hydrogens (tertiary/aromatic N) is 1. The molecule has 0 radical (unpaired) electrons. The average molecular weight is 517 g/mol. The van der Waals surface area contributed by atoms with Crippen molar-refractivity contribution in [1.82, 2.24) is 10.6 Å². The van der Waals surface area contributed by atoms with Crippen LogP contribution >= 0.6 is 24.0 Å². The zero-order valence-corrected chi connectivity index (χ0v) is 19.6. The van der Waals surface area contributed by atoms with Gasteiger partial charge in [-0.15, -0.1) is 24.0 Å². The fraction of sp³-hybridized carbons (Fsp3) is 0.350. The van der Waals surface area contributed by atoms with Crippen LogP contribution in [0.15, 0.2) is 58.4 Å². The number of ether oxygens (including phenoxy) is 1. The van der Waals surface area contributed by atoms with Crippen LogP contribution in [0, 0.1) is 6.92 Å². The van der Waals surface area contributed by atoms with Gasteiger partial charge in [0.25, 0.3) is 0 Å². The Hall–Kier alpha value is -1.81. The maximum absolute atomic E-state index is 11.5. The van der Waals surface area contributed by atoms with Crippen LogP contribution in [-0.4, -0.2) is 40.3 Å². The van der Waals surface area contributed by atoms with E-state index in [-0.39, 0.29) is 24.0 Å². The summed E-state index contributed by atoms with van der Waals surface area (Å²) in [6.45, 7) is 6.39. The Morgan fingerprint density at radius 1 is 1.04 bits per heavy atom. The molecule has 0 saturated carbocycles. The first-order valence-electron chi connectivity index (χ1n) is 8.89. The predicted octanol–water partition coefficient (Wildman–Crippen LogP) is 3.15. The van der Waals surface area contributed by atoms with E-state index in [4.69, 9.17) is 4.74 Å². The third-order valence-electron chi connectivity index (χ3n) is 3.80. The van der Waals surface area contributed by atoms with E-state index in [0.717, 1.165) is 17.9 Å². The lowest BCUT2D eigenvalue weighted by molar-refractivity contribution is 0.322. The number of guanidine groups is 1. The molecule has 0 aliphatic heterocycles. The zero-order chi connectivity index (χ0) is 19.7. The normalized spacial score (nSPS) is 11.5. The van der Waals surface area contributed by atoms with Crippen molar-refractivity contribution in [3.63, 3.8) is 0 Å². The van der Waals surface area contributed by atoms with Crippen molar-refractivity contribution in [3.8, 4) is 5.75 Å². The molecule has 2 N–H and O–H groups in total. The van der Waals surface area contributed by atoms with Crippen LogP contribution in [0.3, 0.4) is 0 Å². The molecule has 0 fully saturated rings. The van der Waals surface area contributed by atoms with Gasteiger partial charge in [0, 0.05) is 12.8 Å². The van der Waals surface area contributed by atoms with Gasteiger partial charge in [0.1, 0.15) is 12.4 Å². The highest BCUT2D eigenvalue weighted by atomic mass is 127. The molecule has 0 aliphatic rings. The van der Waals surface area contributed by atoms with Gasteiger partial charge in [-0.2, -0.15) is 0 Å². The second kappa shape index (κ2) is 11.9. The molecule has 0 unspecified atom stereocenters. The minimum atomic E-state index is -3.17. The van der Waals surface area contributed by atoms with E-state index >= 15 is 0 Å². The second-order valence-corrected chi connectivity index (χ2v) is 8.22. The molecule has 2 rings (SSSR count). The number of benzene rings is 2. The summed E-state index contributed by atoms with van der Waals surface area (Å²) in [5.74, 6) is 1.53. The van der Waals surface area contributed by atoms with Crippen LogP contribution in [0.2, 0.25) is 0 Å². The van der Waals surface area contributed by atoms with Gasteiger partial charge in [-0.25, -0.2) is 13.4 Å². The topological polar surface area (TPSA) is 79.8 Å². The van der Waals surface area contributed by atoms with Gasteiger partial charge < -0.3 is 15.4 Å². The molecule has 0 amide bonds. The molecule has 2 aromatic carbocycles. The first-order valence-corrected chi connectivity index (χ1v) is 10.8. The number of nitrogens with one attached hydrogen (secondary N) is 2. The summed E-state index contributed by atoms with van der Waals surface area (Å²) in [6, 6.07) is 14.7. The molecule has 154 valence electrons. The molecule has 0 atom stereocenters. The third kappa shape index (κ3) is 8.47. The van der Waals surface area contributed by atoms with Gasteiger partial charge in [-0.3, -0.25) is 0 Å². The summed E-state index contributed by atoms with van der Waals surface area (Å²) in [6.07, 6.45) is 1.20. The van der Waals surface area contributed by atoms with Crippen molar-refractivity contribution in [2.24, 2.45) is 4.99 Å². The van der Waals surface area contributed by atoms with Gasteiger partial charge in [0.2, 0.25) is 0 Å². The van der Waals surface area contributed by atoms with E-state index in [2.05, 4.69) is 15.6 Å². The Bertz CT molecular complexity index is 851. The number of sulfone groups is 1. The summed E-state index contributed by atoms with van der Waals surface area (Å²) in [4.78, 5) is 4.83. The van der Waals surface area contributed by atoms with Gasteiger partial charge in [0.15, 0.2) is 15.8 Å². The number of aliphatic imine (C=N–C) groups is 1. The van der Waals surface area contributed by atoms with Gasteiger partial charge in [-0.05, 0) is 43.7 Å². The summed E-state index contributed by atoms with van der Waals surface area (Å²) < 4.78 is 28.7. The quantitative estimate of drug-likeness (QED) is 0.244. The van der Waals surface area contributed by atoms with E-state index in [1.54, 1.807) is 24.3 Å². The number of halogens is 1. The lowest BCUT2D eigenvalue weighted by atomic mass is 10.2. The minimum Gasteiger partial charge on any atom is -0.492 e. The van der Waals surface area contributed by atoms with Crippen molar-refractivity contribution >= 4 is 39.8 Å². The van der Waals surface area contributed by atoms with Crippen molar-refractivity contribution in [1.29, 1.82) is 0 Å². The SMILES string of the molecule is CCNC(=NCc1ccc(S(C)(=O)=O)cc1)NCCOc1ccc(C)cc1.I. The Morgan fingerprint density at radius 3 is 2.25 bits per heavy atom. The van der Waals surface area contributed by atoms with E-state index < -0.39 is 9.84 Å². The number of hydrogen-bond acceptors (Lipinski definition) is 4. The minimum absolute atomic E-state index is 0. The van der Waals surface area contributed by atoms with Crippen LogP contribution < -0.4 is 15.4 Å². The van der Waals surface area contributed by atoms with E-state index in [0.29, 0.717) is 30.6 Å². The van der Waals surface area contributed by atoms with Crippen LogP contribution in [0.1, 0.15) is 18.1 Å². The lowest BCUT2D eigenvalue weighted by Gasteiger charge is -2.12. The van der Waals surface area contributed by atoms with E-state index in [1.165, 1.54) is 11.8 Å². The number of aryl methyl sites for hydroxylation is 1. The first kappa shape index (κ1) is 24.2. The largest absolute Gasteiger partial charge is 0.492 e. The Balaban J connectivity index is 0.00000392. The third-order valence-corrected chi connectivity index (χ3v) is 4.93. The summed E-state index contributed by atoms with van der Waals surface area (Å²) in [7, 11) is -3.17. The van der Waals surface area contributed by atoms with Crippen molar-refractivity contribution in [2.75, 3.05) is 26.0 Å². The molecular weight excluding hydrogens is 489 g/mol. The molecule has 0 spiro atoms. The standard InChI is InChI=1S/C20H27N3O3S.HI/c1-4-21-20(22-13-14-26-18-9-5-16(2)6-10-18)23-15-17-7-11-19(12-8-17)27(3,24)25;/h5-12H,4,13-15H2,1-3H3,(H2,21,22,23);1H. The van der Waals surface area contributed by atoms with Crippen molar-refractivity contribution in [2.45, 2.75) is 25.3 Å². The molecular formula is C20H28IN3O3S. The molecule has 0 aliphatic carbocycles. The Labute approximate surface area is 184 Å². The van der Waals surface area contributed by atoms with Gasteiger partial charge >= 0.3 is 0 Å². The molecule has 8 heteroatoms. The van der Waals surface area contributed by atoms with Crippen LogP contribution in [-0.2, 0) is 16.4 Å². The molecule has 0 bridgehead atoms. The van der Waals surface area contributed by atoms with E-state index in [1.807, 2.05) is 38.1 Å². The number of rotatable bonds is 8. The monoisotopic (exact) mass is 517 g/mol. The molecule has 0 heterocycles. The molecule has 0 saturated heterocycles. The Morgan fingerprint density at radius 2 is 1.68 bits per heavy atom. The highest BCUT2D eigenvalue weighted by Crippen LogP contribution is 2.11. The van der Waals surface area contributed by atoms with Crippen LogP contribution in [0.4, 0.5) is 0 Å². The fourth-order valence-electron chi connectivity index (χ4n) is 2.33. The zero-order valence-electron chi connectivity index (χ0n) is 16.4. The molecule has 6 nitrogen and oxygen atoms in total. The lowest BCUT2D eigenvalue weighted by Crippen LogP contribution is -2.39. The second-order valence-electron chi connectivity index (χ2n) is 6.20. The van der Waals surface area contributed by atoms with Crippen LogP contribution in [0.25, 0.3) is 0 Å². The Kier molecular flexibility index (Phi) is 10.3. The van der Waals surface area contributed by atoms with Crippen molar-refractivity contribution in [3.05, 3.63) is 59.7 Å². The molecule has 2 aromatic rings. The van der Waals surface area contributed by atoms with E-state index in [9.17, 15) is 8.42 Å². The summed E-state index contributed by atoms with van der Waals surface area (Å²) >= 11 is 0. The van der Waals surface area contributed by atoms with Gasteiger partial charge in [-0.1, -0.05) is 29.8 Å². The smallest absolute Gasteiger partial charge is 0.191 e.